The molecule has 0 bridgehead atoms. The molecule has 196 valence electrons. The second-order valence-corrected chi connectivity index (χ2v) is 12.5. The quantitative estimate of drug-likeness (QED) is 0.520. The maximum Gasteiger partial charge on any atom is 0.243 e. The van der Waals surface area contributed by atoms with E-state index in [9.17, 15) is 21.6 Å². The smallest absolute Gasteiger partial charge is 0.243 e. The summed E-state index contributed by atoms with van der Waals surface area (Å²) in [6.07, 6.45) is 2.08. The number of hydrogen-bond acceptors (Lipinski definition) is 7. The minimum absolute atomic E-state index is 0.0885. The molecule has 4 rings (SSSR count). The Bertz CT molecular complexity index is 1280. The zero-order valence-corrected chi connectivity index (χ0v) is 21.8. The summed E-state index contributed by atoms with van der Waals surface area (Å²) in [6, 6.07) is 10.8. The molecule has 0 spiro atoms. The first-order valence-electron chi connectivity index (χ1n) is 11.9. The normalized spacial score (nSPS) is 17.7. The molecule has 2 heterocycles. The van der Waals surface area contributed by atoms with E-state index in [0.717, 1.165) is 12.8 Å². The van der Waals surface area contributed by atoms with E-state index in [-0.39, 0.29) is 28.5 Å². The maximum atomic E-state index is 13.0. The van der Waals surface area contributed by atoms with Gasteiger partial charge < -0.3 is 14.8 Å². The van der Waals surface area contributed by atoms with E-state index in [1.807, 2.05) is 0 Å². The Morgan fingerprint density at radius 3 is 2.11 bits per heavy atom. The van der Waals surface area contributed by atoms with E-state index in [1.54, 1.807) is 24.3 Å². The fraction of sp³-hybridized carbons (Fsp3) is 0.458. The largest absolute Gasteiger partial charge is 0.496 e. The van der Waals surface area contributed by atoms with Gasteiger partial charge in [0.15, 0.2) is 0 Å². The van der Waals surface area contributed by atoms with E-state index < -0.39 is 20.0 Å². The molecular formula is C24H31N3O7S2. The molecule has 1 amide bonds. The fourth-order valence-electron chi connectivity index (χ4n) is 4.31. The molecule has 2 aromatic rings. The Balaban J connectivity index is 1.40. The standard InChI is InChI=1S/C24H31N3O7S2/c1-33-23-10-9-22(36(31,32)27-14-16-34-17-15-27)18-19(23)4-11-24(28)25-20-5-7-21(8-6-20)35(29,30)26-12-2-3-13-26/h5-10,18H,2-4,11-17H2,1H3,(H,25,28). The molecule has 0 aliphatic carbocycles. The molecule has 2 aromatic carbocycles. The third-order valence-corrected chi connectivity index (χ3v) is 10.1. The van der Waals surface area contributed by atoms with Gasteiger partial charge in [0.1, 0.15) is 5.75 Å². The molecule has 1 N–H and O–H groups in total. The molecule has 2 saturated heterocycles. The summed E-state index contributed by atoms with van der Waals surface area (Å²) >= 11 is 0. The third-order valence-electron chi connectivity index (χ3n) is 6.32. The highest BCUT2D eigenvalue weighted by Crippen LogP contribution is 2.27. The number of methoxy groups -OCH3 is 1. The van der Waals surface area contributed by atoms with Gasteiger partial charge in [0.25, 0.3) is 0 Å². The van der Waals surface area contributed by atoms with Crippen LogP contribution in [-0.2, 0) is 36.0 Å². The van der Waals surface area contributed by atoms with Crippen LogP contribution in [0.25, 0.3) is 0 Å². The monoisotopic (exact) mass is 537 g/mol. The number of nitrogens with one attached hydrogen (secondary N) is 1. The Labute approximate surface area is 212 Å². The van der Waals surface area contributed by atoms with Crippen LogP contribution >= 0.6 is 0 Å². The van der Waals surface area contributed by atoms with Crippen molar-refractivity contribution in [1.82, 2.24) is 8.61 Å². The van der Waals surface area contributed by atoms with Crippen molar-refractivity contribution in [2.75, 3.05) is 51.8 Å². The molecule has 0 aromatic heterocycles. The van der Waals surface area contributed by atoms with E-state index in [4.69, 9.17) is 9.47 Å². The van der Waals surface area contributed by atoms with Crippen LogP contribution in [0.3, 0.4) is 0 Å². The molecule has 0 saturated carbocycles. The summed E-state index contributed by atoms with van der Waals surface area (Å²) in [6.45, 7) is 2.36. The lowest BCUT2D eigenvalue weighted by atomic mass is 10.1. The summed E-state index contributed by atoms with van der Waals surface area (Å²) in [4.78, 5) is 12.9. The molecule has 36 heavy (non-hydrogen) atoms. The Kier molecular flexibility index (Phi) is 8.30. The van der Waals surface area contributed by atoms with Crippen LogP contribution in [0.15, 0.2) is 52.3 Å². The van der Waals surface area contributed by atoms with Gasteiger partial charge in [-0.3, -0.25) is 4.79 Å². The molecular weight excluding hydrogens is 506 g/mol. The van der Waals surface area contributed by atoms with Gasteiger partial charge in [0.05, 0.1) is 30.1 Å². The van der Waals surface area contributed by atoms with Crippen molar-refractivity contribution in [2.24, 2.45) is 0 Å². The van der Waals surface area contributed by atoms with Crippen molar-refractivity contribution in [3.63, 3.8) is 0 Å². The second kappa shape index (κ2) is 11.3. The van der Waals surface area contributed by atoms with E-state index in [1.165, 1.54) is 33.9 Å². The van der Waals surface area contributed by atoms with Gasteiger partial charge in [-0.15, -0.1) is 0 Å². The van der Waals surface area contributed by atoms with Gasteiger partial charge in [0, 0.05) is 38.3 Å². The van der Waals surface area contributed by atoms with Crippen LogP contribution in [0.1, 0.15) is 24.8 Å². The lowest BCUT2D eigenvalue weighted by Gasteiger charge is -2.26. The lowest BCUT2D eigenvalue weighted by molar-refractivity contribution is -0.116. The number of benzene rings is 2. The van der Waals surface area contributed by atoms with Crippen LogP contribution in [0.4, 0.5) is 5.69 Å². The van der Waals surface area contributed by atoms with Gasteiger partial charge >= 0.3 is 0 Å². The Morgan fingerprint density at radius 2 is 1.47 bits per heavy atom. The van der Waals surface area contributed by atoms with Gasteiger partial charge in [-0.2, -0.15) is 8.61 Å². The third kappa shape index (κ3) is 5.89. The van der Waals surface area contributed by atoms with Crippen molar-refractivity contribution in [3.05, 3.63) is 48.0 Å². The summed E-state index contributed by atoms with van der Waals surface area (Å²) in [5, 5.41) is 2.77. The van der Waals surface area contributed by atoms with Crippen molar-refractivity contribution < 1.29 is 31.1 Å². The first-order chi connectivity index (χ1) is 17.2. The van der Waals surface area contributed by atoms with Crippen LogP contribution in [0, 0.1) is 0 Å². The number of hydrogen-bond donors (Lipinski definition) is 1. The van der Waals surface area contributed by atoms with E-state index in [0.29, 0.717) is 56.4 Å². The number of anilines is 1. The predicted octanol–water partition coefficient (Wildman–Crippen LogP) is 2.07. The van der Waals surface area contributed by atoms with Crippen LogP contribution < -0.4 is 10.1 Å². The van der Waals surface area contributed by atoms with Gasteiger partial charge in [-0.05, 0) is 67.3 Å². The maximum absolute atomic E-state index is 13.0. The van der Waals surface area contributed by atoms with Crippen molar-refractivity contribution in [1.29, 1.82) is 0 Å². The molecule has 2 aliphatic rings. The number of nitrogens with zero attached hydrogens (tertiary/aromatic N) is 2. The van der Waals surface area contributed by atoms with Gasteiger partial charge in [0.2, 0.25) is 26.0 Å². The summed E-state index contributed by atoms with van der Waals surface area (Å²) in [7, 11) is -5.70. The SMILES string of the molecule is COc1ccc(S(=O)(=O)N2CCOCC2)cc1CCC(=O)Nc1ccc(S(=O)(=O)N2CCCC2)cc1. The molecule has 0 unspecified atom stereocenters. The van der Waals surface area contributed by atoms with Crippen LogP contribution in [0.5, 0.6) is 5.75 Å². The molecule has 0 atom stereocenters. The summed E-state index contributed by atoms with van der Waals surface area (Å²) in [5.74, 6) is 0.217. The van der Waals surface area contributed by atoms with Crippen molar-refractivity contribution >= 4 is 31.6 Å². The predicted molar refractivity (Wildman–Crippen MR) is 134 cm³/mol. The first kappa shape index (κ1) is 26.6. The van der Waals surface area contributed by atoms with E-state index >= 15 is 0 Å². The van der Waals surface area contributed by atoms with E-state index in [2.05, 4.69) is 5.32 Å². The Hall–Kier alpha value is -2.51. The van der Waals surface area contributed by atoms with Crippen molar-refractivity contribution in [3.8, 4) is 5.75 Å². The number of carbonyl (C=O) groups excluding carboxylic acids is 1. The number of morpholine rings is 1. The zero-order valence-electron chi connectivity index (χ0n) is 20.2. The fourth-order valence-corrected chi connectivity index (χ4v) is 7.28. The van der Waals surface area contributed by atoms with Crippen LogP contribution in [-0.4, -0.2) is 77.9 Å². The zero-order chi connectivity index (χ0) is 25.8. The average Bonchev–Trinajstić information content (AvgIpc) is 3.44. The summed E-state index contributed by atoms with van der Waals surface area (Å²) < 4.78 is 64.8. The molecule has 2 aliphatic heterocycles. The highest BCUT2D eigenvalue weighted by atomic mass is 32.2. The number of aryl methyl sites for hydroxylation is 1. The molecule has 0 radical (unpaired) electrons. The number of rotatable bonds is 9. The molecule has 12 heteroatoms. The highest BCUT2D eigenvalue weighted by Gasteiger charge is 2.28. The first-order valence-corrected chi connectivity index (χ1v) is 14.7. The van der Waals surface area contributed by atoms with Gasteiger partial charge in [-0.25, -0.2) is 16.8 Å². The number of ether oxygens (including phenoxy) is 2. The van der Waals surface area contributed by atoms with Crippen LogP contribution in [0.2, 0.25) is 0 Å². The molecule has 2 fully saturated rings. The minimum atomic E-state index is -3.67. The number of amides is 1. The number of carbonyl (C=O) groups is 1. The highest BCUT2D eigenvalue weighted by molar-refractivity contribution is 7.89. The topological polar surface area (TPSA) is 122 Å². The summed E-state index contributed by atoms with van der Waals surface area (Å²) in [5.41, 5.74) is 1.09. The minimum Gasteiger partial charge on any atom is -0.496 e. The van der Waals surface area contributed by atoms with Gasteiger partial charge in [-0.1, -0.05) is 0 Å². The number of sulfonamides is 2. The lowest BCUT2D eigenvalue weighted by Crippen LogP contribution is -2.40. The molecule has 10 nitrogen and oxygen atoms in total. The van der Waals surface area contributed by atoms with Crippen molar-refractivity contribution in [2.45, 2.75) is 35.5 Å². The average molecular weight is 538 g/mol. The second-order valence-electron chi connectivity index (χ2n) is 8.67. The Morgan fingerprint density at radius 1 is 0.889 bits per heavy atom.